The predicted molar refractivity (Wildman–Crippen MR) is 80.2 cm³/mol. The van der Waals surface area contributed by atoms with E-state index in [0.29, 0.717) is 25.3 Å². The maximum atomic E-state index is 11.8. The molecule has 0 aliphatic carbocycles. The molecular formula is C15H18ClNO4. The lowest BCUT2D eigenvalue weighted by Gasteiger charge is -2.29. The molecule has 1 N–H and O–H groups in total. The molecule has 6 heteroatoms. The molecule has 0 spiro atoms. The number of halogens is 1. The lowest BCUT2D eigenvalue weighted by atomic mass is 10.0. The first-order chi connectivity index (χ1) is 10.1. The number of aryl methyl sites for hydroxylation is 1. The summed E-state index contributed by atoms with van der Waals surface area (Å²) in [6, 6.07) is 5.59. The molecule has 0 saturated heterocycles. The van der Waals surface area contributed by atoms with Crippen LogP contribution in [-0.2, 0) is 16.0 Å². The number of hydrogen-bond acceptors (Lipinski definition) is 3. The number of nitrogens with zero attached hydrogens (tertiary/aromatic N) is 1. The van der Waals surface area contributed by atoms with Crippen LogP contribution in [-0.4, -0.2) is 36.0 Å². The maximum absolute atomic E-state index is 11.8. The van der Waals surface area contributed by atoms with E-state index in [1.807, 2.05) is 12.1 Å². The van der Waals surface area contributed by atoms with Gasteiger partial charge in [0.15, 0.2) is 0 Å². The number of alkyl halides is 1. The van der Waals surface area contributed by atoms with Crippen LogP contribution in [0.1, 0.15) is 24.8 Å². The summed E-state index contributed by atoms with van der Waals surface area (Å²) in [5, 5.41) is 8.57. The van der Waals surface area contributed by atoms with Crippen molar-refractivity contribution in [3.05, 3.63) is 23.8 Å². The van der Waals surface area contributed by atoms with Crippen LogP contribution in [0.5, 0.6) is 5.75 Å². The van der Waals surface area contributed by atoms with Gasteiger partial charge in [-0.3, -0.25) is 9.59 Å². The minimum Gasteiger partial charge on any atom is -0.494 e. The van der Waals surface area contributed by atoms with Gasteiger partial charge in [-0.15, -0.1) is 11.6 Å². The number of carboxylic acids is 1. The number of carboxylic acid groups (broad SMARTS) is 1. The summed E-state index contributed by atoms with van der Waals surface area (Å²) in [5.41, 5.74) is 1.96. The standard InChI is InChI=1S/C15H18ClNO4/c16-10-14(18)17-7-1-3-11-9-12(5-6-13(11)17)21-8-2-4-15(19)20/h5-6,9H,1-4,7-8,10H2,(H,19,20). The predicted octanol–water partition coefficient (Wildman–Crippen LogP) is 2.45. The molecule has 0 saturated carbocycles. The van der Waals surface area contributed by atoms with Gasteiger partial charge in [0.2, 0.25) is 5.91 Å². The molecule has 0 unspecified atom stereocenters. The number of rotatable bonds is 6. The zero-order chi connectivity index (χ0) is 15.2. The van der Waals surface area contributed by atoms with Crippen molar-refractivity contribution < 1.29 is 19.4 Å². The van der Waals surface area contributed by atoms with E-state index in [1.165, 1.54) is 0 Å². The Bertz CT molecular complexity index is 532. The largest absolute Gasteiger partial charge is 0.494 e. The molecule has 1 aliphatic rings. The van der Waals surface area contributed by atoms with Gasteiger partial charge in [0.25, 0.3) is 0 Å². The van der Waals surface area contributed by atoms with Crippen molar-refractivity contribution in [2.75, 3.05) is 23.9 Å². The Morgan fingerprint density at radius 1 is 1.38 bits per heavy atom. The van der Waals surface area contributed by atoms with Crippen molar-refractivity contribution in [1.82, 2.24) is 0 Å². The van der Waals surface area contributed by atoms with Gasteiger partial charge < -0.3 is 14.7 Å². The van der Waals surface area contributed by atoms with Gasteiger partial charge in [-0.05, 0) is 43.0 Å². The molecule has 1 amide bonds. The highest BCUT2D eigenvalue weighted by molar-refractivity contribution is 6.29. The first-order valence-corrected chi connectivity index (χ1v) is 7.49. The van der Waals surface area contributed by atoms with E-state index in [2.05, 4.69) is 0 Å². The Balaban J connectivity index is 2.01. The number of aliphatic carboxylic acids is 1. The SMILES string of the molecule is O=C(O)CCCOc1ccc2c(c1)CCCN2C(=O)CCl. The maximum Gasteiger partial charge on any atom is 0.303 e. The zero-order valence-corrected chi connectivity index (χ0v) is 12.4. The van der Waals surface area contributed by atoms with E-state index >= 15 is 0 Å². The van der Waals surface area contributed by atoms with Gasteiger partial charge in [-0.1, -0.05) is 0 Å². The third-order valence-corrected chi connectivity index (χ3v) is 3.62. The van der Waals surface area contributed by atoms with Crippen LogP contribution in [0.4, 0.5) is 5.69 Å². The fourth-order valence-corrected chi connectivity index (χ4v) is 2.55. The molecule has 0 fully saturated rings. The molecular weight excluding hydrogens is 294 g/mol. The molecule has 0 bridgehead atoms. The Labute approximate surface area is 128 Å². The molecule has 5 nitrogen and oxygen atoms in total. The normalized spacial score (nSPS) is 13.7. The van der Waals surface area contributed by atoms with Crippen LogP contribution < -0.4 is 9.64 Å². The third kappa shape index (κ3) is 4.11. The molecule has 114 valence electrons. The summed E-state index contributed by atoms with van der Waals surface area (Å²) < 4.78 is 5.55. The first-order valence-electron chi connectivity index (χ1n) is 6.95. The quantitative estimate of drug-likeness (QED) is 0.647. The van der Waals surface area contributed by atoms with Gasteiger partial charge in [0.05, 0.1) is 6.61 Å². The molecule has 2 rings (SSSR count). The van der Waals surface area contributed by atoms with Crippen LogP contribution >= 0.6 is 11.6 Å². The summed E-state index contributed by atoms with van der Waals surface area (Å²) >= 11 is 5.63. The molecule has 0 radical (unpaired) electrons. The van der Waals surface area contributed by atoms with Crippen molar-refractivity contribution >= 4 is 29.2 Å². The average molecular weight is 312 g/mol. The number of fused-ring (bicyclic) bond motifs is 1. The Kier molecular flexibility index (Phi) is 5.44. The Morgan fingerprint density at radius 3 is 2.90 bits per heavy atom. The summed E-state index contributed by atoms with van der Waals surface area (Å²) in [5.74, 6) is -0.223. The topological polar surface area (TPSA) is 66.8 Å². The van der Waals surface area contributed by atoms with Crippen molar-refractivity contribution in [3.8, 4) is 5.75 Å². The van der Waals surface area contributed by atoms with Crippen molar-refractivity contribution in [2.24, 2.45) is 0 Å². The highest BCUT2D eigenvalue weighted by Gasteiger charge is 2.22. The zero-order valence-electron chi connectivity index (χ0n) is 11.7. The van der Waals surface area contributed by atoms with Crippen LogP contribution in [0.25, 0.3) is 0 Å². The lowest BCUT2D eigenvalue weighted by Crippen LogP contribution is -2.36. The fraction of sp³-hybridized carbons (Fsp3) is 0.467. The van der Waals surface area contributed by atoms with Crippen molar-refractivity contribution in [2.45, 2.75) is 25.7 Å². The molecule has 0 aromatic heterocycles. The van der Waals surface area contributed by atoms with E-state index in [-0.39, 0.29) is 18.2 Å². The van der Waals surface area contributed by atoms with Crippen LogP contribution in [0, 0.1) is 0 Å². The molecule has 1 aromatic carbocycles. The van der Waals surface area contributed by atoms with Crippen LogP contribution in [0.3, 0.4) is 0 Å². The minimum absolute atomic E-state index is 0.0210. The Hall–Kier alpha value is -1.75. The van der Waals surface area contributed by atoms with E-state index < -0.39 is 5.97 Å². The first kappa shape index (κ1) is 15.6. The van der Waals surface area contributed by atoms with E-state index in [1.54, 1.807) is 11.0 Å². The van der Waals surface area contributed by atoms with E-state index in [4.69, 9.17) is 21.4 Å². The van der Waals surface area contributed by atoms with Gasteiger partial charge in [-0.2, -0.15) is 0 Å². The summed E-state index contributed by atoms with van der Waals surface area (Å²) in [4.78, 5) is 23.9. The second-order valence-corrected chi connectivity index (χ2v) is 5.19. The van der Waals surface area contributed by atoms with Crippen molar-refractivity contribution in [1.29, 1.82) is 0 Å². The summed E-state index contributed by atoms with van der Waals surface area (Å²) in [7, 11) is 0. The molecule has 0 atom stereocenters. The van der Waals surface area contributed by atoms with Gasteiger partial charge in [-0.25, -0.2) is 0 Å². The third-order valence-electron chi connectivity index (χ3n) is 3.39. The van der Waals surface area contributed by atoms with E-state index in [9.17, 15) is 9.59 Å². The number of carbonyl (C=O) groups excluding carboxylic acids is 1. The van der Waals surface area contributed by atoms with Gasteiger partial charge >= 0.3 is 5.97 Å². The number of amides is 1. The minimum atomic E-state index is -0.820. The van der Waals surface area contributed by atoms with Crippen LogP contribution in [0.2, 0.25) is 0 Å². The number of benzene rings is 1. The molecule has 21 heavy (non-hydrogen) atoms. The molecule has 1 aromatic rings. The second kappa shape index (κ2) is 7.31. The number of carbonyl (C=O) groups is 2. The molecule has 1 heterocycles. The highest BCUT2D eigenvalue weighted by Crippen LogP contribution is 2.30. The fourth-order valence-electron chi connectivity index (χ4n) is 2.41. The lowest BCUT2D eigenvalue weighted by molar-refractivity contribution is -0.137. The second-order valence-electron chi connectivity index (χ2n) is 4.92. The Morgan fingerprint density at radius 2 is 2.19 bits per heavy atom. The molecule has 1 aliphatic heterocycles. The smallest absolute Gasteiger partial charge is 0.303 e. The van der Waals surface area contributed by atoms with E-state index in [0.717, 1.165) is 24.1 Å². The van der Waals surface area contributed by atoms with Crippen molar-refractivity contribution in [3.63, 3.8) is 0 Å². The van der Waals surface area contributed by atoms with Crippen LogP contribution in [0.15, 0.2) is 18.2 Å². The monoisotopic (exact) mass is 311 g/mol. The average Bonchev–Trinajstić information content (AvgIpc) is 2.49. The number of ether oxygens (including phenoxy) is 1. The number of hydrogen-bond donors (Lipinski definition) is 1. The van der Waals surface area contributed by atoms with Gasteiger partial charge in [0, 0.05) is 18.7 Å². The summed E-state index contributed by atoms with van der Waals surface area (Å²) in [6.07, 6.45) is 2.37. The highest BCUT2D eigenvalue weighted by atomic mass is 35.5. The summed E-state index contributed by atoms with van der Waals surface area (Å²) in [6.45, 7) is 1.06. The number of anilines is 1. The van der Waals surface area contributed by atoms with Gasteiger partial charge in [0.1, 0.15) is 11.6 Å².